The Morgan fingerprint density at radius 1 is 1.22 bits per heavy atom. The van der Waals surface area contributed by atoms with Crippen LogP contribution in [0.5, 0.6) is 0 Å². The Kier molecular flexibility index (Phi) is 3.82. The second kappa shape index (κ2) is 5.36. The lowest BCUT2D eigenvalue weighted by molar-refractivity contribution is -0.133. The Balaban J connectivity index is 2.04. The average Bonchev–Trinajstić information content (AvgIpc) is 2.61. The van der Waals surface area contributed by atoms with Crippen molar-refractivity contribution in [3.05, 3.63) is 47.0 Å². The third-order valence-corrected chi connectivity index (χ3v) is 3.53. The SMILES string of the molecule is CO[C@@H]1C(C)=C(C)C(=O)N1CCc1ccccc1. The zero-order valence-corrected chi connectivity index (χ0v) is 11.1. The minimum Gasteiger partial charge on any atom is -0.358 e. The van der Waals surface area contributed by atoms with Crippen molar-refractivity contribution in [2.24, 2.45) is 0 Å². The number of amides is 1. The van der Waals surface area contributed by atoms with Crippen LogP contribution < -0.4 is 0 Å². The molecule has 3 nitrogen and oxygen atoms in total. The molecule has 1 atom stereocenters. The van der Waals surface area contributed by atoms with Crippen LogP contribution in [0.15, 0.2) is 41.5 Å². The van der Waals surface area contributed by atoms with Crippen molar-refractivity contribution in [2.75, 3.05) is 13.7 Å². The summed E-state index contributed by atoms with van der Waals surface area (Å²) in [6.45, 7) is 4.52. The van der Waals surface area contributed by atoms with Crippen molar-refractivity contribution < 1.29 is 9.53 Å². The minimum absolute atomic E-state index is 0.0929. The first-order valence-corrected chi connectivity index (χ1v) is 6.20. The van der Waals surface area contributed by atoms with Gasteiger partial charge < -0.3 is 9.64 Å². The van der Waals surface area contributed by atoms with E-state index in [0.717, 1.165) is 17.6 Å². The molecule has 0 bridgehead atoms. The Morgan fingerprint density at radius 2 is 1.89 bits per heavy atom. The van der Waals surface area contributed by atoms with Crippen molar-refractivity contribution >= 4 is 5.91 Å². The molecule has 0 saturated carbocycles. The van der Waals surface area contributed by atoms with Crippen molar-refractivity contribution in [1.82, 2.24) is 4.90 Å². The summed E-state index contributed by atoms with van der Waals surface area (Å²) < 4.78 is 5.41. The number of rotatable bonds is 4. The normalized spacial score (nSPS) is 19.8. The Hall–Kier alpha value is -1.61. The number of nitrogens with zero attached hydrogens (tertiary/aromatic N) is 1. The summed E-state index contributed by atoms with van der Waals surface area (Å²) in [6, 6.07) is 10.2. The van der Waals surface area contributed by atoms with Gasteiger partial charge in [-0.25, -0.2) is 0 Å². The third-order valence-electron chi connectivity index (χ3n) is 3.53. The maximum Gasteiger partial charge on any atom is 0.251 e. The molecule has 1 amide bonds. The molecule has 1 aliphatic heterocycles. The molecule has 0 unspecified atom stereocenters. The van der Waals surface area contributed by atoms with Crippen LogP contribution >= 0.6 is 0 Å². The second-order valence-electron chi connectivity index (χ2n) is 4.63. The number of methoxy groups -OCH3 is 1. The molecule has 0 aliphatic carbocycles. The van der Waals surface area contributed by atoms with E-state index in [1.807, 2.05) is 32.0 Å². The minimum atomic E-state index is -0.193. The van der Waals surface area contributed by atoms with E-state index in [-0.39, 0.29) is 12.1 Å². The van der Waals surface area contributed by atoms with Gasteiger partial charge in [0.2, 0.25) is 0 Å². The Labute approximate surface area is 108 Å². The lowest BCUT2D eigenvalue weighted by atomic mass is 10.1. The van der Waals surface area contributed by atoms with E-state index in [2.05, 4.69) is 12.1 Å². The first kappa shape index (κ1) is 12.8. The van der Waals surface area contributed by atoms with Gasteiger partial charge in [0.25, 0.3) is 5.91 Å². The van der Waals surface area contributed by atoms with Gasteiger partial charge in [-0.3, -0.25) is 4.79 Å². The summed E-state index contributed by atoms with van der Waals surface area (Å²) in [5, 5.41) is 0. The van der Waals surface area contributed by atoms with Crippen LogP contribution in [-0.4, -0.2) is 30.7 Å². The fourth-order valence-corrected chi connectivity index (χ4v) is 2.33. The molecule has 1 aromatic carbocycles. The van der Waals surface area contributed by atoms with E-state index < -0.39 is 0 Å². The summed E-state index contributed by atoms with van der Waals surface area (Å²) in [5.74, 6) is 0.0929. The predicted octanol–water partition coefficient (Wildman–Crippen LogP) is 2.38. The van der Waals surface area contributed by atoms with Crippen LogP contribution in [0.1, 0.15) is 19.4 Å². The van der Waals surface area contributed by atoms with Gasteiger partial charge in [-0.15, -0.1) is 0 Å². The highest BCUT2D eigenvalue weighted by atomic mass is 16.5. The van der Waals surface area contributed by atoms with E-state index in [4.69, 9.17) is 4.74 Å². The standard InChI is InChI=1S/C15H19NO2/c1-11-12(2)15(18-3)16(14(11)17)10-9-13-7-5-4-6-8-13/h4-8,15H,9-10H2,1-3H3/t15-/m1/s1. The van der Waals surface area contributed by atoms with Crippen LogP contribution in [0.25, 0.3) is 0 Å². The van der Waals surface area contributed by atoms with E-state index in [0.29, 0.717) is 6.54 Å². The highest BCUT2D eigenvalue weighted by molar-refractivity contribution is 5.96. The summed E-state index contributed by atoms with van der Waals surface area (Å²) >= 11 is 0. The number of carbonyl (C=O) groups is 1. The lowest BCUT2D eigenvalue weighted by Gasteiger charge is -2.25. The third kappa shape index (κ3) is 2.31. The van der Waals surface area contributed by atoms with Gasteiger partial charge in [-0.05, 0) is 31.4 Å². The first-order valence-electron chi connectivity index (χ1n) is 6.20. The largest absolute Gasteiger partial charge is 0.358 e. The number of hydrogen-bond acceptors (Lipinski definition) is 2. The highest BCUT2D eigenvalue weighted by Crippen LogP contribution is 2.25. The maximum atomic E-state index is 12.1. The van der Waals surface area contributed by atoms with Gasteiger partial charge in [0, 0.05) is 19.2 Å². The molecule has 1 aliphatic rings. The van der Waals surface area contributed by atoms with Crippen molar-refractivity contribution in [3.8, 4) is 0 Å². The van der Waals surface area contributed by atoms with Crippen molar-refractivity contribution in [3.63, 3.8) is 0 Å². The van der Waals surface area contributed by atoms with Crippen LogP contribution in [0.2, 0.25) is 0 Å². The average molecular weight is 245 g/mol. The molecule has 0 spiro atoms. The number of hydrogen-bond donors (Lipinski definition) is 0. The van der Waals surface area contributed by atoms with E-state index >= 15 is 0 Å². The zero-order valence-electron chi connectivity index (χ0n) is 11.1. The fourth-order valence-electron chi connectivity index (χ4n) is 2.33. The molecule has 0 aromatic heterocycles. The summed E-state index contributed by atoms with van der Waals surface area (Å²) in [5.41, 5.74) is 3.08. The lowest BCUT2D eigenvalue weighted by Crippen LogP contribution is -2.38. The quantitative estimate of drug-likeness (QED) is 0.815. The van der Waals surface area contributed by atoms with Crippen LogP contribution in [0.3, 0.4) is 0 Å². The molecule has 0 saturated heterocycles. The van der Waals surface area contributed by atoms with E-state index in [1.54, 1.807) is 12.0 Å². The molecule has 0 radical (unpaired) electrons. The zero-order chi connectivity index (χ0) is 13.1. The number of carbonyl (C=O) groups excluding carboxylic acids is 1. The molecule has 96 valence electrons. The van der Waals surface area contributed by atoms with E-state index in [1.165, 1.54) is 5.56 Å². The molecule has 3 heteroatoms. The van der Waals surface area contributed by atoms with Crippen LogP contribution in [0, 0.1) is 0 Å². The predicted molar refractivity (Wildman–Crippen MR) is 71.0 cm³/mol. The van der Waals surface area contributed by atoms with Gasteiger partial charge >= 0.3 is 0 Å². The highest BCUT2D eigenvalue weighted by Gasteiger charge is 2.34. The smallest absolute Gasteiger partial charge is 0.251 e. The van der Waals surface area contributed by atoms with Gasteiger partial charge in [0.15, 0.2) is 6.23 Å². The summed E-state index contributed by atoms with van der Waals surface area (Å²) in [6.07, 6.45) is 0.661. The maximum absolute atomic E-state index is 12.1. The summed E-state index contributed by atoms with van der Waals surface area (Å²) in [4.78, 5) is 13.9. The monoisotopic (exact) mass is 245 g/mol. The number of ether oxygens (including phenoxy) is 1. The summed E-state index contributed by atoms with van der Waals surface area (Å²) in [7, 11) is 1.65. The van der Waals surface area contributed by atoms with Gasteiger partial charge in [-0.2, -0.15) is 0 Å². The molecule has 2 rings (SSSR count). The van der Waals surface area contributed by atoms with E-state index in [9.17, 15) is 4.79 Å². The van der Waals surface area contributed by atoms with Gasteiger partial charge in [0.05, 0.1) is 0 Å². The van der Waals surface area contributed by atoms with Crippen molar-refractivity contribution in [2.45, 2.75) is 26.5 Å². The van der Waals surface area contributed by atoms with Crippen LogP contribution in [0.4, 0.5) is 0 Å². The molecule has 18 heavy (non-hydrogen) atoms. The molecular formula is C15H19NO2. The number of benzene rings is 1. The first-order chi connectivity index (χ1) is 8.65. The molecule has 1 heterocycles. The van der Waals surface area contributed by atoms with Gasteiger partial charge in [-0.1, -0.05) is 30.3 Å². The van der Waals surface area contributed by atoms with Gasteiger partial charge in [0.1, 0.15) is 0 Å². The fraction of sp³-hybridized carbons (Fsp3) is 0.400. The Bertz CT molecular complexity index is 465. The second-order valence-corrected chi connectivity index (χ2v) is 4.63. The topological polar surface area (TPSA) is 29.5 Å². The molecule has 1 aromatic rings. The van der Waals surface area contributed by atoms with Crippen molar-refractivity contribution in [1.29, 1.82) is 0 Å². The molecular weight excluding hydrogens is 226 g/mol. The molecule has 0 N–H and O–H groups in total. The molecule has 0 fully saturated rings. The van der Waals surface area contributed by atoms with Crippen LogP contribution in [-0.2, 0) is 16.0 Å². The Morgan fingerprint density at radius 3 is 2.50 bits per heavy atom.